The number of likely N-dealkylation sites (tertiary alicyclic amines) is 1. The lowest BCUT2D eigenvalue weighted by Gasteiger charge is -2.31. The fourth-order valence-electron chi connectivity index (χ4n) is 2.10. The molecule has 0 spiro atoms. The first-order valence-electron chi connectivity index (χ1n) is 5.68. The molecule has 1 heterocycles. The van der Waals surface area contributed by atoms with Gasteiger partial charge in [-0.25, -0.2) is 4.79 Å². The lowest BCUT2D eigenvalue weighted by molar-refractivity contribution is 0.133. The van der Waals surface area contributed by atoms with Crippen molar-refractivity contribution in [3.8, 4) is 5.75 Å². The summed E-state index contributed by atoms with van der Waals surface area (Å²) in [5, 5.41) is 21.5. The summed E-state index contributed by atoms with van der Waals surface area (Å²) in [6.45, 7) is 1.10. The SMILES string of the molecule is O=C(O)N1CCCC(Nc2cccc(O)c2)C1. The zero-order chi connectivity index (χ0) is 12.3. The van der Waals surface area contributed by atoms with Gasteiger partial charge in [0.25, 0.3) is 0 Å². The summed E-state index contributed by atoms with van der Waals surface area (Å²) in [6, 6.07) is 6.98. The maximum Gasteiger partial charge on any atom is 0.407 e. The smallest absolute Gasteiger partial charge is 0.407 e. The first-order chi connectivity index (χ1) is 8.15. The summed E-state index contributed by atoms with van der Waals surface area (Å²) in [5.74, 6) is 0.209. The van der Waals surface area contributed by atoms with Gasteiger partial charge in [0.15, 0.2) is 0 Å². The van der Waals surface area contributed by atoms with Crippen LogP contribution in [0.4, 0.5) is 10.5 Å². The number of nitrogens with zero attached hydrogens (tertiary/aromatic N) is 1. The van der Waals surface area contributed by atoms with E-state index in [1.807, 2.05) is 6.07 Å². The average Bonchev–Trinajstić information content (AvgIpc) is 2.29. The fraction of sp³-hybridized carbons (Fsp3) is 0.417. The number of rotatable bonds is 2. The van der Waals surface area contributed by atoms with E-state index in [0.29, 0.717) is 13.1 Å². The predicted octanol–water partition coefficient (Wildman–Crippen LogP) is 1.95. The van der Waals surface area contributed by atoms with E-state index in [0.717, 1.165) is 18.5 Å². The Morgan fingerprint density at radius 3 is 3.00 bits per heavy atom. The number of carboxylic acid groups (broad SMARTS) is 1. The number of aromatic hydroxyl groups is 1. The molecule has 1 aliphatic rings. The number of anilines is 1. The van der Waals surface area contributed by atoms with Crippen molar-refractivity contribution in [2.75, 3.05) is 18.4 Å². The van der Waals surface area contributed by atoms with E-state index in [2.05, 4.69) is 5.32 Å². The minimum Gasteiger partial charge on any atom is -0.508 e. The molecule has 0 aliphatic carbocycles. The van der Waals surface area contributed by atoms with Crippen molar-refractivity contribution in [3.05, 3.63) is 24.3 Å². The van der Waals surface area contributed by atoms with Gasteiger partial charge in [0.2, 0.25) is 0 Å². The zero-order valence-electron chi connectivity index (χ0n) is 9.47. The van der Waals surface area contributed by atoms with Gasteiger partial charge < -0.3 is 20.4 Å². The highest BCUT2D eigenvalue weighted by Crippen LogP contribution is 2.19. The lowest BCUT2D eigenvalue weighted by Crippen LogP contribution is -2.44. The number of hydrogen-bond acceptors (Lipinski definition) is 3. The first kappa shape index (κ1) is 11.6. The molecule has 0 aromatic heterocycles. The van der Waals surface area contributed by atoms with Crippen molar-refractivity contribution in [3.63, 3.8) is 0 Å². The molecule has 1 fully saturated rings. The highest BCUT2D eigenvalue weighted by atomic mass is 16.4. The van der Waals surface area contributed by atoms with E-state index < -0.39 is 6.09 Å². The molecule has 1 saturated heterocycles. The molecule has 1 aromatic rings. The Hall–Kier alpha value is -1.91. The molecule has 5 nitrogen and oxygen atoms in total. The van der Waals surface area contributed by atoms with Crippen molar-refractivity contribution in [1.29, 1.82) is 0 Å². The van der Waals surface area contributed by atoms with E-state index in [1.165, 1.54) is 4.90 Å². The average molecular weight is 236 g/mol. The second kappa shape index (κ2) is 4.95. The van der Waals surface area contributed by atoms with Gasteiger partial charge in [0.1, 0.15) is 5.75 Å². The van der Waals surface area contributed by atoms with E-state index >= 15 is 0 Å². The molecular weight excluding hydrogens is 220 g/mol. The van der Waals surface area contributed by atoms with Gasteiger partial charge in [-0.05, 0) is 25.0 Å². The van der Waals surface area contributed by atoms with Gasteiger partial charge in [0.05, 0.1) is 0 Å². The number of benzene rings is 1. The highest BCUT2D eigenvalue weighted by Gasteiger charge is 2.22. The molecule has 17 heavy (non-hydrogen) atoms. The van der Waals surface area contributed by atoms with Crippen LogP contribution in [-0.4, -0.2) is 40.3 Å². The number of nitrogens with one attached hydrogen (secondary N) is 1. The Bertz CT molecular complexity index is 408. The highest BCUT2D eigenvalue weighted by molar-refractivity contribution is 5.65. The van der Waals surface area contributed by atoms with E-state index in [1.54, 1.807) is 18.2 Å². The van der Waals surface area contributed by atoms with Crippen molar-refractivity contribution in [2.45, 2.75) is 18.9 Å². The van der Waals surface area contributed by atoms with Crippen LogP contribution >= 0.6 is 0 Å². The Balaban J connectivity index is 1.97. The van der Waals surface area contributed by atoms with Gasteiger partial charge in [-0.1, -0.05) is 6.07 Å². The van der Waals surface area contributed by atoms with Gasteiger partial charge >= 0.3 is 6.09 Å². The van der Waals surface area contributed by atoms with Crippen molar-refractivity contribution in [2.24, 2.45) is 0 Å². The lowest BCUT2D eigenvalue weighted by atomic mass is 10.1. The Morgan fingerprint density at radius 1 is 1.47 bits per heavy atom. The van der Waals surface area contributed by atoms with Crippen molar-refractivity contribution >= 4 is 11.8 Å². The molecule has 1 aliphatic heterocycles. The summed E-state index contributed by atoms with van der Waals surface area (Å²) in [7, 11) is 0. The predicted molar refractivity (Wildman–Crippen MR) is 64.3 cm³/mol. The van der Waals surface area contributed by atoms with Crippen molar-refractivity contribution < 1.29 is 15.0 Å². The van der Waals surface area contributed by atoms with Gasteiger partial charge in [-0.3, -0.25) is 0 Å². The van der Waals surface area contributed by atoms with Crippen LogP contribution < -0.4 is 5.32 Å². The Labute approximate surface area is 99.7 Å². The monoisotopic (exact) mass is 236 g/mol. The van der Waals surface area contributed by atoms with Crippen LogP contribution in [0.5, 0.6) is 5.75 Å². The number of amides is 1. The van der Waals surface area contributed by atoms with E-state index in [9.17, 15) is 9.90 Å². The summed E-state index contributed by atoms with van der Waals surface area (Å²) in [5.41, 5.74) is 0.822. The van der Waals surface area contributed by atoms with Crippen LogP contribution in [0.1, 0.15) is 12.8 Å². The third kappa shape index (κ3) is 3.03. The third-order valence-electron chi connectivity index (χ3n) is 2.91. The van der Waals surface area contributed by atoms with Crippen molar-refractivity contribution in [1.82, 2.24) is 4.90 Å². The van der Waals surface area contributed by atoms with Gasteiger partial charge in [-0.15, -0.1) is 0 Å². The second-order valence-corrected chi connectivity index (χ2v) is 4.26. The Morgan fingerprint density at radius 2 is 2.29 bits per heavy atom. The molecule has 1 unspecified atom stereocenters. The summed E-state index contributed by atoms with van der Waals surface area (Å²) in [6.07, 6.45) is 0.940. The summed E-state index contributed by atoms with van der Waals surface area (Å²) < 4.78 is 0. The molecule has 1 atom stereocenters. The third-order valence-corrected chi connectivity index (χ3v) is 2.91. The quantitative estimate of drug-likeness (QED) is 0.733. The van der Waals surface area contributed by atoms with E-state index in [4.69, 9.17) is 5.11 Å². The van der Waals surface area contributed by atoms with Crippen LogP contribution in [0.3, 0.4) is 0 Å². The molecule has 1 amide bonds. The fourth-order valence-corrected chi connectivity index (χ4v) is 2.10. The molecule has 5 heteroatoms. The maximum atomic E-state index is 10.9. The Kier molecular flexibility index (Phi) is 3.37. The van der Waals surface area contributed by atoms with Gasteiger partial charge in [0, 0.05) is 30.9 Å². The topological polar surface area (TPSA) is 72.8 Å². The number of piperidine rings is 1. The second-order valence-electron chi connectivity index (χ2n) is 4.26. The van der Waals surface area contributed by atoms with Crippen LogP contribution in [0, 0.1) is 0 Å². The normalized spacial score (nSPS) is 20.0. The molecule has 3 N–H and O–H groups in total. The molecule has 0 bridgehead atoms. The first-order valence-corrected chi connectivity index (χ1v) is 5.68. The maximum absolute atomic E-state index is 10.9. The standard InChI is InChI=1S/C12H16N2O3/c15-11-5-1-3-9(7-11)13-10-4-2-6-14(8-10)12(16)17/h1,3,5,7,10,13,15H,2,4,6,8H2,(H,16,17). The number of phenolic OH excluding ortho intramolecular Hbond substituents is 1. The minimum absolute atomic E-state index is 0.113. The van der Waals surface area contributed by atoms with Crippen LogP contribution in [0.2, 0.25) is 0 Å². The van der Waals surface area contributed by atoms with Crippen LogP contribution in [0.25, 0.3) is 0 Å². The number of carbonyl (C=O) groups is 1. The molecule has 2 rings (SSSR count). The summed E-state index contributed by atoms with van der Waals surface area (Å²) >= 11 is 0. The van der Waals surface area contributed by atoms with Crippen LogP contribution in [0.15, 0.2) is 24.3 Å². The molecule has 0 saturated carbocycles. The number of hydrogen-bond donors (Lipinski definition) is 3. The summed E-state index contributed by atoms with van der Waals surface area (Å²) in [4.78, 5) is 12.3. The largest absolute Gasteiger partial charge is 0.508 e. The molecule has 0 radical (unpaired) electrons. The van der Waals surface area contributed by atoms with E-state index in [-0.39, 0.29) is 11.8 Å². The molecule has 1 aromatic carbocycles. The zero-order valence-corrected chi connectivity index (χ0v) is 9.47. The molecular formula is C12H16N2O3. The van der Waals surface area contributed by atoms with Crippen LogP contribution in [-0.2, 0) is 0 Å². The number of phenols is 1. The molecule has 92 valence electrons. The minimum atomic E-state index is -0.868. The van der Waals surface area contributed by atoms with Gasteiger partial charge in [-0.2, -0.15) is 0 Å².